The van der Waals surface area contributed by atoms with E-state index >= 15 is 0 Å². The van der Waals surface area contributed by atoms with Crippen molar-refractivity contribution in [3.8, 4) is 0 Å². The lowest BCUT2D eigenvalue weighted by atomic mass is 10.2. The quantitative estimate of drug-likeness (QED) is 0.674. The topological polar surface area (TPSA) is 73.6 Å². The van der Waals surface area contributed by atoms with Gasteiger partial charge in [-0.3, -0.25) is 4.84 Å². The number of hydrogen-bond donors (Lipinski definition) is 2. The standard InChI is InChI=1S/C9H20N2O3/c1-5-7(6-10)14-11-8(12)13-9(2,3)4/h7H,5-6,10H2,1-4H3,(H,11,12). The summed E-state index contributed by atoms with van der Waals surface area (Å²) in [5.74, 6) is 0. The first-order chi connectivity index (χ1) is 6.39. The molecule has 0 aliphatic rings. The van der Waals surface area contributed by atoms with Crippen molar-refractivity contribution in [2.24, 2.45) is 5.73 Å². The van der Waals surface area contributed by atoms with Crippen LogP contribution in [0.2, 0.25) is 0 Å². The molecule has 0 aromatic heterocycles. The minimum Gasteiger partial charge on any atom is -0.442 e. The highest BCUT2D eigenvalue weighted by molar-refractivity contribution is 5.66. The molecule has 0 aromatic carbocycles. The maximum atomic E-state index is 11.1. The summed E-state index contributed by atoms with van der Waals surface area (Å²) in [4.78, 5) is 16.1. The summed E-state index contributed by atoms with van der Waals surface area (Å²) in [6.45, 7) is 7.65. The Kier molecular flexibility index (Phi) is 5.49. The van der Waals surface area contributed by atoms with Crippen LogP contribution in [-0.4, -0.2) is 24.3 Å². The van der Waals surface area contributed by atoms with Crippen molar-refractivity contribution in [1.82, 2.24) is 5.48 Å². The van der Waals surface area contributed by atoms with Crippen LogP contribution in [0.1, 0.15) is 34.1 Å². The van der Waals surface area contributed by atoms with Gasteiger partial charge in [0.1, 0.15) is 5.60 Å². The van der Waals surface area contributed by atoms with E-state index in [2.05, 4.69) is 5.48 Å². The molecule has 1 unspecified atom stereocenters. The molecule has 84 valence electrons. The van der Waals surface area contributed by atoms with Crippen LogP contribution in [-0.2, 0) is 9.57 Å². The maximum absolute atomic E-state index is 11.1. The van der Waals surface area contributed by atoms with Crippen LogP contribution >= 0.6 is 0 Å². The number of rotatable bonds is 4. The summed E-state index contributed by atoms with van der Waals surface area (Å²) in [5.41, 5.74) is 7.06. The van der Waals surface area contributed by atoms with Gasteiger partial charge >= 0.3 is 6.09 Å². The van der Waals surface area contributed by atoms with E-state index in [9.17, 15) is 4.79 Å². The van der Waals surface area contributed by atoms with Crippen LogP contribution in [0, 0.1) is 0 Å². The monoisotopic (exact) mass is 204 g/mol. The van der Waals surface area contributed by atoms with Gasteiger partial charge in [0.15, 0.2) is 0 Å². The second kappa shape index (κ2) is 5.82. The number of carbonyl (C=O) groups is 1. The van der Waals surface area contributed by atoms with Gasteiger partial charge in [-0.05, 0) is 27.2 Å². The minimum absolute atomic E-state index is 0.164. The van der Waals surface area contributed by atoms with Crippen molar-refractivity contribution in [2.75, 3.05) is 6.54 Å². The van der Waals surface area contributed by atoms with Crippen molar-refractivity contribution in [3.63, 3.8) is 0 Å². The molecule has 0 aliphatic carbocycles. The molecule has 0 aliphatic heterocycles. The van der Waals surface area contributed by atoms with E-state index in [4.69, 9.17) is 15.3 Å². The molecular weight excluding hydrogens is 184 g/mol. The Hall–Kier alpha value is -0.810. The Balaban J connectivity index is 3.74. The van der Waals surface area contributed by atoms with Gasteiger partial charge in [0.25, 0.3) is 0 Å². The lowest BCUT2D eigenvalue weighted by Gasteiger charge is -2.20. The lowest BCUT2D eigenvalue weighted by Crippen LogP contribution is -2.37. The van der Waals surface area contributed by atoms with Crippen LogP contribution < -0.4 is 11.2 Å². The Bertz CT molecular complexity index is 173. The number of carbonyl (C=O) groups excluding carboxylic acids is 1. The maximum Gasteiger partial charge on any atom is 0.431 e. The first kappa shape index (κ1) is 13.2. The van der Waals surface area contributed by atoms with Crippen molar-refractivity contribution in [3.05, 3.63) is 0 Å². The summed E-state index contributed by atoms with van der Waals surface area (Å²) in [6, 6.07) is 0. The van der Waals surface area contributed by atoms with Gasteiger partial charge in [-0.2, -0.15) is 5.48 Å². The Morgan fingerprint density at radius 3 is 2.43 bits per heavy atom. The number of hydroxylamine groups is 1. The van der Waals surface area contributed by atoms with Gasteiger partial charge in [0.2, 0.25) is 0 Å². The van der Waals surface area contributed by atoms with Crippen molar-refractivity contribution in [2.45, 2.75) is 45.8 Å². The van der Waals surface area contributed by atoms with Gasteiger partial charge in [0.05, 0.1) is 6.10 Å². The summed E-state index contributed by atoms with van der Waals surface area (Å²) in [5, 5.41) is 0. The molecule has 5 nitrogen and oxygen atoms in total. The predicted molar refractivity (Wildman–Crippen MR) is 53.6 cm³/mol. The molecule has 0 fully saturated rings. The molecule has 3 N–H and O–H groups in total. The second-order valence-electron chi connectivity index (χ2n) is 3.99. The number of hydrogen-bond acceptors (Lipinski definition) is 4. The molecule has 0 radical (unpaired) electrons. The molecule has 14 heavy (non-hydrogen) atoms. The predicted octanol–water partition coefficient (Wildman–Crippen LogP) is 1.18. The summed E-state index contributed by atoms with van der Waals surface area (Å²) in [7, 11) is 0. The van der Waals surface area contributed by atoms with E-state index in [1.807, 2.05) is 6.92 Å². The van der Waals surface area contributed by atoms with E-state index in [1.165, 1.54) is 0 Å². The third kappa shape index (κ3) is 6.68. The number of ether oxygens (including phenoxy) is 1. The summed E-state index contributed by atoms with van der Waals surface area (Å²) in [6.07, 6.45) is -0.0151. The molecule has 0 spiro atoms. The zero-order valence-corrected chi connectivity index (χ0v) is 9.29. The molecular formula is C9H20N2O3. The van der Waals surface area contributed by atoms with Crippen molar-refractivity contribution in [1.29, 1.82) is 0 Å². The van der Waals surface area contributed by atoms with Gasteiger partial charge in [-0.25, -0.2) is 4.79 Å². The molecule has 0 rings (SSSR count). The zero-order chi connectivity index (χ0) is 11.2. The smallest absolute Gasteiger partial charge is 0.431 e. The SMILES string of the molecule is CCC(CN)ONC(=O)OC(C)(C)C. The highest BCUT2D eigenvalue weighted by Crippen LogP contribution is 2.06. The summed E-state index contributed by atoms with van der Waals surface area (Å²) < 4.78 is 4.96. The Morgan fingerprint density at radius 2 is 2.07 bits per heavy atom. The molecule has 0 heterocycles. The lowest BCUT2D eigenvalue weighted by molar-refractivity contribution is -0.0399. The fourth-order valence-electron chi connectivity index (χ4n) is 0.728. The van der Waals surface area contributed by atoms with Crippen LogP contribution in [0.5, 0.6) is 0 Å². The average Bonchev–Trinajstić information content (AvgIpc) is 2.03. The van der Waals surface area contributed by atoms with Gasteiger partial charge < -0.3 is 10.5 Å². The van der Waals surface area contributed by atoms with E-state index < -0.39 is 11.7 Å². The fraction of sp³-hybridized carbons (Fsp3) is 0.889. The third-order valence-corrected chi connectivity index (χ3v) is 1.43. The normalized spacial score (nSPS) is 13.5. The molecule has 0 bridgehead atoms. The molecule has 5 heteroatoms. The van der Waals surface area contributed by atoms with E-state index in [0.29, 0.717) is 6.54 Å². The first-order valence-corrected chi connectivity index (χ1v) is 4.73. The second-order valence-corrected chi connectivity index (χ2v) is 3.99. The minimum atomic E-state index is -0.593. The Labute approximate surface area is 84.9 Å². The Morgan fingerprint density at radius 1 is 1.50 bits per heavy atom. The highest BCUT2D eigenvalue weighted by Gasteiger charge is 2.16. The largest absolute Gasteiger partial charge is 0.442 e. The molecule has 0 aromatic rings. The summed E-state index contributed by atoms with van der Waals surface area (Å²) >= 11 is 0. The number of amides is 1. The van der Waals surface area contributed by atoms with Crippen molar-refractivity contribution >= 4 is 6.09 Å². The van der Waals surface area contributed by atoms with E-state index in [0.717, 1.165) is 6.42 Å². The number of nitrogens with one attached hydrogen (secondary N) is 1. The fourth-order valence-corrected chi connectivity index (χ4v) is 0.728. The number of nitrogens with two attached hydrogens (primary N) is 1. The van der Waals surface area contributed by atoms with Crippen molar-refractivity contribution < 1.29 is 14.4 Å². The van der Waals surface area contributed by atoms with Crippen LogP contribution in [0.15, 0.2) is 0 Å². The highest BCUT2D eigenvalue weighted by atomic mass is 16.7. The third-order valence-electron chi connectivity index (χ3n) is 1.43. The van der Waals surface area contributed by atoms with Crippen LogP contribution in [0.25, 0.3) is 0 Å². The molecule has 0 saturated carbocycles. The first-order valence-electron chi connectivity index (χ1n) is 4.73. The van der Waals surface area contributed by atoms with E-state index in [-0.39, 0.29) is 6.10 Å². The molecule has 1 atom stereocenters. The van der Waals surface area contributed by atoms with Gasteiger partial charge in [-0.15, -0.1) is 0 Å². The van der Waals surface area contributed by atoms with Crippen LogP contribution in [0.3, 0.4) is 0 Å². The van der Waals surface area contributed by atoms with Gasteiger partial charge in [-0.1, -0.05) is 6.92 Å². The molecule has 1 amide bonds. The van der Waals surface area contributed by atoms with E-state index in [1.54, 1.807) is 20.8 Å². The average molecular weight is 204 g/mol. The molecule has 0 saturated heterocycles. The van der Waals surface area contributed by atoms with Gasteiger partial charge in [0, 0.05) is 6.54 Å². The van der Waals surface area contributed by atoms with Crippen LogP contribution in [0.4, 0.5) is 4.79 Å². The zero-order valence-electron chi connectivity index (χ0n) is 9.29.